The summed E-state index contributed by atoms with van der Waals surface area (Å²) in [6.07, 6.45) is 1.13. The molecule has 1 unspecified atom stereocenters. The van der Waals surface area contributed by atoms with Gasteiger partial charge in [-0.1, -0.05) is 13.0 Å². The van der Waals surface area contributed by atoms with E-state index in [-0.39, 0.29) is 47.0 Å². The van der Waals surface area contributed by atoms with Crippen molar-refractivity contribution in [2.75, 3.05) is 16.8 Å². The Morgan fingerprint density at radius 1 is 1.11 bits per heavy atom. The number of carbonyl (C=O) groups is 4. The number of halogens is 1. The van der Waals surface area contributed by atoms with Gasteiger partial charge in [0.05, 0.1) is 16.7 Å². The summed E-state index contributed by atoms with van der Waals surface area (Å²) in [6.45, 7) is 8.91. The number of ketones is 1. The molecule has 1 aromatic heterocycles. The van der Waals surface area contributed by atoms with Gasteiger partial charge in [0.25, 0.3) is 0 Å². The third kappa shape index (κ3) is 8.00. The second-order valence-corrected chi connectivity index (χ2v) is 11.4. The molecule has 2 atom stereocenters. The average molecular weight is 616 g/mol. The van der Waals surface area contributed by atoms with Gasteiger partial charge in [0, 0.05) is 42.4 Å². The van der Waals surface area contributed by atoms with E-state index in [0.29, 0.717) is 17.7 Å². The highest BCUT2D eigenvalue weighted by Gasteiger charge is 2.44. The zero-order valence-electron chi connectivity index (χ0n) is 25.6. The summed E-state index contributed by atoms with van der Waals surface area (Å²) in [7, 11) is 0. The highest BCUT2D eigenvalue weighted by Crippen LogP contribution is 2.47. The van der Waals surface area contributed by atoms with Gasteiger partial charge in [-0.2, -0.15) is 5.26 Å². The third-order valence-electron chi connectivity index (χ3n) is 6.89. The Labute approximate surface area is 260 Å². The standard InChI is InChI=1S/C33H34FN5O6/c1-6-26(40)22-12-13-24(34)28(23-16-25(23)37-31(42)38-27-14-11-19(17-35)18-36-27)29(22)44-30(41)20-9-8-10-21(15-20)39(7-2)32(43)45-33(3,4)5/h8-15,18,23,25H,6-7,16H2,1-5H3,(H2,36,37,38,42)/t23-,25?/m1/s1. The molecule has 234 valence electrons. The highest BCUT2D eigenvalue weighted by atomic mass is 19.1. The number of rotatable bonds is 9. The van der Waals surface area contributed by atoms with E-state index in [1.807, 2.05) is 6.07 Å². The molecule has 1 fully saturated rings. The Hall–Kier alpha value is -5.31. The highest BCUT2D eigenvalue weighted by molar-refractivity contribution is 6.01. The van der Waals surface area contributed by atoms with Crippen molar-refractivity contribution < 1.29 is 33.0 Å². The molecule has 1 aliphatic rings. The first-order valence-electron chi connectivity index (χ1n) is 14.5. The second kappa shape index (κ2) is 13.5. The first-order valence-corrected chi connectivity index (χ1v) is 14.5. The molecule has 4 rings (SSSR count). The number of hydrogen-bond donors (Lipinski definition) is 2. The number of esters is 1. The molecule has 0 aliphatic heterocycles. The Morgan fingerprint density at radius 3 is 2.49 bits per heavy atom. The fourth-order valence-electron chi connectivity index (χ4n) is 4.66. The van der Waals surface area contributed by atoms with Gasteiger partial charge in [0.15, 0.2) is 5.78 Å². The summed E-state index contributed by atoms with van der Waals surface area (Å²) >= 11 is 0. The lowest BCUT2D eigenvalue weighted by Gasteiger charge is -2.26. The molecule has 1 saturated carbocycles. The van der Waals surface area contributed by atoms with E-state index in [9.17, 15) is 19.2 Å². The minimum absolute atomic E-state index is 0.00421. The molecule has 0 saturated heterocycles. The average Bonchev–Trinajstić information content (AvgIpc) is 3.74. The molecule has 0 bridgehead atoms. The van der Waals surface area contributed by atoms with E-state index in [1.54, 1.807) is 46.8 Å². The summed E-state index contributed by atoms with van der Waals surface area (Å²) in [5, 5.41) is 14.2. The maximum absolute atomic E-state index is 15.4. The number of anilines is 2. The van der Waals surface area contributed by atoms with Crippen LogP contribution in [0, 0.1) is 17.1 Å². The van der Waals surface area contributed by atoms with Crippen molar-refractivity contribution in [2.45, 2.75) is 65.0 Å². The molecule has 3 amide bonds. The van der Waals surface area contributed by atoms with Crippen LogP contribution < -0.4 is 20.3 Å². The molecule has 0 radical (unpaired) electrons. The number of benzene rings is 2. The number of amides is 3. The van der Waals surface area contributed by atoms with Gasteiger partial charge in [0.1, 0.15) is 29.1 Å². The van der Waals surface area contributed by atoms with E-state index in [1.165, 1.54) is 41.4 Å². The lowest BCUT2D eigenvalue weighted by atomic mass is 9.99. The fourth-order valence-corrected chi connectivity index (χ4v) is 4.66. The Bertz CT molecular complexity index is 1660. The molecule has 1 aliphatic carbocycles. The molecule has 2 aromatic carbocycles. The number of aromatic nitrogens is 1. The number of pyridine rings is 1. The largest absolute Gasteiger partial charge is 0.443 e. The number of nitrogens with zero attached hydrogens (tertiary/aromatic N) is 3. The summed E-state index contributed by atoms with van der Waals surface area (Å²) in [5.41, 5.74) is 0.107. The first kappa shape index (κ1) is 32.6. The molecule has 2 N–H and O–H groups in total. The summed E-state index contributed by atoms with van der Waals surface area (Å²) < 4.78 is 26.6. The number of carbonyl (C=O) groups excluding carboxylic acids is 4. The van der Waals surface area contributed by atoms with Crippen molar-refractivity contribution in [1.82, 2.24) is 10.3 Å². The van der Waals surface area contributed by atoms with Gasteiger partial charge in [-0.15, -0.1) is 0 Å². The van der Waals surface area contributed by atoms with E-state index < -0.39 is 41.5 Å². The zero-order valence-corrected chi connectivity index (χ0v) is 25.6. The predicted octanol–water partition coefficient (Wildman–Crippen LogP) is 6.34. The van der Waals surface area contributed by atoms with Gasteiger partial charge in [-0.05, 0) is 76.6 Å². The van der Waals surface area contributed by atoms with Crippen molar-refractivity contribution >= 4 is 35.4 Å². The molecule has 12 heteroatoms. The van der Waals surface area contributed by atoms with Crippen molar-refractivity contribution in [2.24, 2.45) is 0 Å². The van der Waals surface area contributed by atoms with Gasteiger partial charge in [-0.25, -0.2) is 23.8 Å². The minimum Gasteiger partial charge on any atom is -0.443 e. The normalized spacial score (nSPS) is 15.3. The fraction of sp³-hybridized carbons (Fsp3) is 0.333. The van der Waals surface area contributed by atoms with Crippen LogP contribution in [0.15, 0.2) is 54.7 Å². The van der Waals surface area contributed by atoms with Crippen molar-refractivity contribution in [3.05, 3.63) is 82.8 Å². The number of ether oxygens (including phenoxy) is 2. The number of nitriles is 1. The van der Waals surface area contributed by atoms with Gasteiger partial charge in [0.2, 0.25) is 0 Å². The number of nitrogens with one attached hydrogen (secondary N) is 2. The topological polar surface area (TPSA) is 151 Å². The van der Waals surface area contributed by atoms with Crippen molar-refractivity contribution in [1.29, 1.82) is 5.26 Å². The van der Waals surface area contributed by atoms with Gasteiger partial charge < -0.3 is 14.8 Å². The maximum Gasteiger partial charge on any atom is 0.414 e. The van der Waals surface area contributed by atoms with Crippen molar-refractivity contribution in [3.8, 4) is 11.8 Å². The molecule has 3 aromatic rings. The second-order valence-electron chi connectivity index (χ2n) is 11.4. The van der Waals surface area contributed by atoms with Crippen molar-refractivity contribution in [3.63, 3.8) is 0 Å². The van der Waals surface area contributed by atoms with Crippen LogP contribution in [0.5, 0.6) is 5.75 Å². The first-order chi connectivity index (χ1) is 21.3. The lowest BCUT2D eigenvalue weighted by Crippen LogP contribution is -2.36. The Kier molecular flexibility index (Phi) is 9.82. The molecule has 0 spiro atoms. The van der Waals surface area contributed by atoms with Crippen LogP contribution in [-0.4, -0.2) is 47.0 Å². The maximum atomic E-state index is 15.4. The number of Topliss-reactive ketones (excluding diaryl/α,β-unsaturated/α-hetero) is 1. The van der Waals surface area contributed by atoms with Crippen LogP contribution in [0.25, 0.3) is 0 Å². The quantitative estimate of drug-likeness (QED) is 0.161. The molecule has 1 heterocycles. The molecule has 45 heavy (non-hydrogen) atoms. The van der Waals surface area contributed by atoms with Crippen LogP contribution in [0.1, 0.15) is 85.2 Å². The molecular weight excluding hydrogens is 581 g/mol. The van der Waals surface area contributed by atoms with E-state index in [0.717, 1.165) is 6.07 Å². The summed E-state index contributed by atoms with van der Waals surface area (Å²) in [6, 6.07) is 12.4. The van der Waals surface area contributed by atoms with E-state index in [4.69, 9.17) is 14.7 Å². The van der Waals surface area contributed by atoms with Crippen LogP contribution >= 0.6 is 0 Å². The van der Waals surface area contributed by atoms with Crippen LogP contribution in [0.2, 0.25) is 0 Å². The number of hydrogen-bond acceptors (Lipinski definition) is 8. The number of urea groups is 1. The summed E-state index contributed by atoms with van der Waals surface area (Å²) in [5.74, 6) is -2.47. The SMILES string of the molecule is CCC(=O)c1ccc(F)c([C@@H]2CC2NC(=O)Nc2ccc(C#N)cn2)c1OC(=O)c1cccc(N(CC)C(=O)OC(C)(C)C)c1. The third-order valence-corrected chi connectivity index (χ3v) is 6.89. The Balaban J connectivity index is 1.57. The summed E-state index contributed by atoms with van der Waals surface area (Å²) in [4.78, 5) is 57.0. The van der Waals surface area contributed by atoms with Crippen LogP contribution in [0.4, 0.5) is 25.5 Å². The predicted molar refractivity (Wildman–Crippen MR) is 164 cm³/mol. The lowest BCUT2D eigenvalue weighted by molar-refractivity contribution is 0.0580. The van der Waals surface area contributed by atoms with Gasteiger partial charge in [-0.3, -0.25) is 15.0 Å². The smallest absolute Gasteiger partial charge is 0.414 e. The minimum atomic E-state index is -0.858. The van der Waals surface area contributed by atoms with Crippen LogP contribution in [-0.2, 0) is 4.74 Å². The van der Waals surface area contributed by atoms with E-state index >= 15 is 4.39 Å². The van der Waals surface area contributed by atoms with Crippen LogP contribution in [0.3, 0.4) is 0 Å². The monoisotopic (exact) mass is 615 g/mol. The van der Waals surface area contributed by atoms with Gasteiger partial charge >= 0.3 is 18.1 Å². The van der Waals surface area contributed by atoms with E-state index in [2.05, 4.69) is 15.6 Å². The molecular formula is C33H34FN5O6. The zero-order chi connectivity index (χ0) is 32.9. The molecule has 11 nitrogen and oxygen atoms in total. The Morgan fingerprint density at radius 2 is 1.87 bits per heavy atom.